The first kappa shape index (κ1) is 18.6. The Bertz CT molecular complexity index is 948. The lowest BCUT2D eigenvalue weighted by atomic mass is 9.99. The molecule has 1 saturated heterocycles. The van der Waals surface area contributed by atoms with Crippen molar-refractivity contribution in [3.8, 4) is 0 Å². The number of amides is 3. The van der Waals surface area contributed by atoms with Gasteiger partial charge in [0.1, 0.15) is 12.1 Å². The van der Waals surface area contributed by atoms with Crippen LogP contribution in [0.25, 0.3) is 10.9 Å². The Hall–Kier alpha value is -3.16. The van der Waals surface area contributed by atoms with Gasteiger partial charge in [-0.1, -0.05) is 25.1 Å². The number of urea groups is 1. The number of hydrogen-bond acceptors (Lipinski definition) is 5. The fraction of sp³-hybridized carbons (Fsp3) is 0.368. The van der Waals surface area contributed by atoms with Gasteiger partial charge in [-0.2, -0.15) is 0 Å². The molecule has 0 radical (unpaired) electrons. The molecule has 2 aromatic rings. The van der Waals surface area contributed by atoms with Crippen LogP contribution >= 0.6 is 0 Å². The number of ketones is 1. The fourth-order valence-corrected chi connectivity index (χ4v) is 3.16. The summed E-state index contributed by atoms with van der Waals surface area (Å²) < 4.78 is 5.02. The van der Waals surface area contributed by atoms with E-state index in [2.05, 4.69) is 10.3 Å². The number of ether oxygens (including phenoxy) is 1. The minimum atomic E-state index is -1.02. The van der Waals surface area contributed by atoms with E-state index in [1.54, 1.807) is 20.8 Å². The molecule has 27 heavy (non-hydrogen) atoms. The van der Waals surface area contributed by atoms with Crippen molar-refractivity contribution >= 4 is 34.6 Å². The normalized spacial score (nSPS) is 19.4. The van der Waals surface area contributed by atoms with Crippen LogP contribution in [0.5, 0.6) is 0 Å². The van der Waals surface area contributed by atoms with E-state index in [0.29, 0.717) is 17.7 Å². The van der Waals surface area contributed by atoms with Gasteiger partial charge < -0.3 is 15.0 Å². The molecule has 8 heteroatoms. The fourth-order valence-electron chi connectivity index (χ4n) is 3.16. The third-order valence-corrected chi connectivity index (χ3v) is 4.88. The second-order valence-electron chi connectivity index (χ2n) is 6.76. The highest BCUT2D eigenvalue weighted by Gasteiger charge is 2.47. The third-order valence-electron chi connectivity index (χ3n) is 4.88. The number of H-pyrrole nitrogens is 1. The Morgan fingerprint density at radius 2 is 1.93 bits per heavy atom. The van der Waals surface area contributed by atoms with Gasteiger partial charge >= 0.3 is 12.0 Å². The summed E-state index contributed by atoms with van der Waals surface area (Å²) in [5.74, 6) is -1.65. The van der Waals surface area contributed by atoms with Crippen molar-refractivity contribution in [1.29, 1.82) is 0 Å². The van der Waals surface area contributed by atoms with Crippen LogP contribution in [-0.2, 0) is 14.3 Å². The Morgan fingerprint density at radius 3 is 2.59 bits per heavy atom. The number of nitrogens with zero attached hydrogens (tertiary/aromatic N) is 1. The van der Waals surface area contributed by atoms with Crippen LogP contribution < -0.4 is 5.32 Å². The number of aromatic nitrogens is 1. The SMILES string of the molecule is CC[C@]1(C)NC(=O)N(CC(=O)OCC(=O)c2c(C)[nH]c3ccccc23)C1=O. The highest BCUT2D eigenvalue weighted by Crippen LogP contribution is 2.23. The predicted molar refractivity (Wildman–Crippen MR) is 97.3 cm³/mol. The number of carbonyl (C=O) groups is 4. The van der Waals surface area contributed by atoms with E-state index in [-0.39, 0.29) is 5.78 Å². The maximum atomic E-state index is 12.5. The number of aromatic amines is 1. The Kier molecular flexibility index (Phi) is 4.73. The van der Waals surface area contributed by atoms with Gasteiger partial charge in [0.2, 0.25) is 5.78 Å². The van der Waals surface area contributed by atoms with Crippen molar-refractivity contribution in [3.63, 3.8) is 0 Å². The standard InChI is InChI=1S/C19H21N3O5/c1-4-19(3)17(25)22(18(26)21-19)9-15(24)27-10-14(23)16-11(2)20-13-8-6-5-7-12(13)16/h5-8,20H,4,9-10H2,1-3H3,(H,21,26)/t19-/m0/s1. The highest BCUT2D eigenvalue weighted by molar-refractivity contribution is 6.11. The maximum Gasteiger partial charge on any atom is 0.326 e. The van der Waals surface area contributed by atoms with Gasteiger partial charge in [-0.25, -0.2) is 4.79 Å². The lowest BCUT2D eigenvalue weighted by Gasteiger charge is -2.18. The monoisotopic (exact) mass is 371 g/mol. The molecule has 0 spiro atoms. The first-order chi connectivity index (χ1) is 12.8. The summed E-state index contributed by atoms with van der Waals surface area (Å²) in [5.41, 5.74) is 0.953. The van der Waals surface area contributed by atoms with Gasteiger partial charge in [0, 0.05) is 22.2 Å². The van der Waals surface area contributed by atoms with Crippen LogP contribution in [0.15, 0.2) is 24.3 Å². The Labute approximate surface area is 155 Å². The van der Waals surface area contributed by atoms with E-state index in [1.165, 1.54) is 0 Å². The predicted octanol–water partition coefficient (Wildman–Crippen LogP) is 1.92. The number of imide groups is 1. The Morgan fingerprint density at radius 1 is 1.22 bits per heavy atom. The topological polar surface area (TPSA) is 109 Å². The molecule has 3 rings (SSSR count). The summed E-state index contributed by atoms with van der Waals surface area (Å²) in [7, 11) is 0. The Balaban J connectivity index is 1.64. The summed E-state index contributed by atoms with van der Waals surface area (Å²) in [6, 6.07) is 6.70. The summed E-state index contributed by atoms with van der Waals surface area (Å²) in [6.45, 7) is 4.15. The molecule has 142 valence electrons. The number of fused-ring (bicyclic) bond motifs is 1. The van der Waals surface area contributed by atoms with E-state index in [9.17, 15) is 19.2 Å². The van der Waals surface area contributed by atoms with Crippen LogP contribution in [0.2, 0.25) is 0 Å². The van der Waals surface area contributed by atoms with Crippen molar-refractivity contribution in [2.45, 2.75) is 32.7 Å². The number of Topliss-reactive ketones (excluding diaryl/α,β-unsaturated/α-hetero) is 1. The van der Waals surface area contributed by atoms with Crippen LogP contribution in [0.1, 0.15) is 36.3 Å². The molecule has 0 saturated carbocycles. The minimum Gasteiger partial charge on any atom is -0.456 e. The average molecular weight is 371 g/mol. The van der Waals surface area contributed by atoms with E-state index in [4.69, 9.17) is 4.74 Å². The van der Waals surface area contributed by atoms with Gasteiger partial charge in [0.15, 0.2) is 6.61 Å². The highest BCUT2D eigenvalue weighted by atomic mass is 16.5. The van der Waals surface area contributed by atoms with E-state index < -0.39 is 36.6 Å². The lowest BCUT2D eigenvalue weighted by molar-refractivity contribution is -0.146. The molecule has 1 atom stereocenters. The van der Waals surface area contributed by atoms with E-state index in [1.807, 2.05) is 24.3 Å². The molecular weight excluding hydrogens is 350 g/mol. The molecular formula is C19H21N3O5. The van der Waals surface area contributed by atoms with Gasteiger partial charge in [-0.05, 0) is 26.3 Å². The summed E-state index contributed by atoms with van der Waals surface area (Å²) >= 11 is 0. The molecule has 0 unspecified atom stereocenters. The number of rotatable bonds is 6. The van der Waals surface area contributed by atoms with Crippen LogP contribution in [0.4, 0.5) is 4.79 Å². The largest absolute Gasteiger partial charge is 0.456 e. The first-order valence-electron chi connectivity index (χ1n) is 8.67. The van der Waals surface area contributed by atoms with Gasteiger partial charge in [-0.15, -0.1) is 0 Å². The number of benzene rings is 1. The van der Waals surface area contributed by atoms with Crippen LogP contribution in [0, 0.1) is 6.92 Å². The molecule has 0 bridgehead atoms. The second kappa shape index (κ2) is 6.86. The smallest absolute Gasteiger partial charge is 0.326 e. The van der Waals surface area contributed by atoms with Crippen molar-refractivity contribution in [1.82, 2.24) is 15.2 Å². The molecule has 2 heterocycles. The molecule has 8 nitrogen and oxygen atoms in total. The minimum absolute atomic E-state index is 0.353. The average Bonchev–Trinajstić information content (AvgIpc) is 3.08. The molecule has 1 aliphatic heterocycles. The quantitative estimate of drug-likeness (QED) is 0.458. The molecule has 1 aliphatic rings. The van der Waals surface area contributed by atoms with Gasteiger partial charge in [-0.3, -0.25) is 19.3 Å². The van der Waals surface area contributed by atoms with E-state index >= 15 is 0 Å². The molecule has 1 aromatic heterocycles. The van der Waals surface area contributed by atoms with Crippen molar-refractivity contribution in [2.24, 2.45) is 0 Å². The first-order valence-corrected chi connectivity index (χ1v) is 8.67. The molecule has 2 N–H and O–H groups in total. The lowest BCUT2D eigenvalue weighted by Crippen LogP contribution is -2.43. The number of esters is 1. The van der Waals surface area contributed by atoms with Crippen molar-refractivity contribution in [2.75, 3.05) is 13.2 Å². The van der Waals surface area contributed by atoms with Gasteiger partial charge in [0.05, 0.1) is 0 Å². The number of aryl methyl sites for hydroxylation is 1. The van der Waals surface area contributed by atoms with E-state index in [0.717, 1.165) is 15.8 Å². The van der Waals surface area contributed by atoms with Crippen molar-refractivity contribution < 1.29 is 23.9 Å². The zero-order chi connectivity index (χ0) is 19.8. The zero-order valence-electron chi connectivity index (χ0n) is 15.4. The van der Waals surface area contributed by atoms with Crippen molar-refractivity contribution in [3.05, 3.63) is 35.5 Å². The summed E-state index contributed by atoms with van der Waals surface area (Å²) in [6.07, 6.45) is 0.404. The summed E-state index contributed by atoms with van der Waals surface area (Å²) in [4.78, 5) is 52.7. The number of carbonyl (C=O) groups excluding carboxylic acids is 4. The number of para-hydroxylation sites is 1. The molecule has 1 fully saturated rings. The molecule has 1 aromatic carbocycles. The number of hydrogen-bond donors (Lipinski definition) is 2. The summed E-state index contributed by atoms with van der Waals surface area (Å²) in [5, 5.41) is 3.31. The van der Waals surface area contributed by atoms with Crippen LogP contribution in [0.3, 0.4) is 0 Å². The number of nitrogens with one attached hydrogen (secondary N) is 2. The zero-order valence-corrected chi connectivity index (χ0v) is 15.4. The second-order valence-corrected chi connectivity index (χ2v) is 6.76. The molecule has 0 aliphatic carbocycles. The molecule has 3 amide bonds. The maximum absolute atomic E-state index is 12.5. The van der Waals surface area contributed by atoms with Crippen LogP contribution in [-0.4, -0.2) is 52.3 Å². The third kappa shape index (κ3) is 3.30. The van der Waals surface area contributed by atoms with Gasteiger partial charge in [0.25, 0.3) is 5.91 Å².